The van der Waals surface area contributed by atoms with E-state index in [1.54, 1.807) is 28.8 Å². The van der Waals surface area contributed by atoms with Gasteiger partial charge in [-0.2, -0.15) is 0 Å². The van der Waals surface area contributed by atoms with Crippen LogP contribution in [0.3, 0.4) is 0 Å². The summed E-state index contributed by atoms with van der Waals surface area (Å²) in [7, 11) is 2.04. The van der Waals surface area contributed by atoms with Gasteiger partial charge in [-0.25, -0.2) is 9.59 Å². The van der Waals surface area contributed by atoms with Crippen molar-refractivity contribution < 1.29 is 14.7 Å². The number of nitrogens with one attached hydrogen (secondary N) is 2. The molecule has 1 fully saturated rings. The number of anilines is 3. The number of hydrogen-bond acceptors (Lipinski definition) is 3. The molecule has 3 aromatic carbocycles. The minimum atomic E-state index is -1.03. The van der Waals surface area contributed by atoms with Crippen molar-refractivity contribution in [3.8, 4) is 5.69 Å². The largest absolute Gasteiger partial charge is 0.477 e. The Hall–Kier alpha value is -3.68. The fraction of sp³-hybridized carbons (Fsp3) is 0.241. The van der Waals surface area contributed by atoms with Crippen LogP contribution in [0.2, 0.25) is 10.0 Å². The number of rotatable bonds is 6. The summed E-state index contributed by atoms with van der Waals surface area (Å²) in [5, 5.41) is 17.3. The zero-order chi connectivity index (χ0) is 26.8. The van der Waals surface area contributed by atoms with Gasteiger partial charge in [-0.3, -0.25) is 0 Å². The Kier molecular flexibility index (Phi) is 7.49. The second-order valence-electron chi connectivity index (χ2n) is 9.54. The van der Waals surface area contributed by atoms with Crippen molar-refractivity contribution in [1.29, 1.82) is 0 Å². The summed E-state index contributed by atoms with van der Waals surface area (Å²) in [4.78, 5) is 27.4. The molecule has 2 amide bonds. The number of benzene rings is 3. The Balaban J connectivity index is 1.55. The van der Waals surface area contributed by atoms with E-state index in [2.05, 4.69) is 15.5 Å². The number of urea groups is 1. The van der Waals surface area contributed by atoms with Crippen LogP contribution >= 0.6 is 23.2 Å². The fourth-order valence-corrected chi connectivity index (χ4v) is 5.48. The molecule has 0 bridgehead atoms. The van der Waals surface area contributed by atoms with E-state index in [0.29, 0.717) is 33.1 Å². The topological polar surface area (TPSA) is 86.6 Å². The SMILES string of the molecule is CN(c1ccc(-n2c(C(=O)O)cc3ccccc32)cc1NC(=O)Nc1ccc(Cl)c(Cl)c1)C1CCCCC1. The molecule has 0 aliphatic heterocycles. The number of hydrogen-bond donors (Lipinski definition) is 3. The Morgan fingerprint density at radius 2 is 1.68 bits per heavy atom. The fourth-order valence-electron chi connectivity index (χ4n) is 5.18. The lowest BCUT2D eigenvalue weighted by atomic mass is 9.94. The van der Waals surface area contributed by atoms with Crippen molar-refractivity contribution in [3.05, 3.63) is 82.5 Å². The highest BCUT2D eigenvalue weighted by atomic mass is 35.5. The van der Waals surface area contributed by atoms with Crippen LogP contribution in [0.5, 0.6) is 0 Å². The quantitative estimate of drug-likeness (QED) is 0.226. The molecule has 4 aromatic rings. The maximum atomic E-state index is 13.1. The first-order chi connectivity index (χ1) is 18.3. The lowest BCUT2D eigenvalue weighted by Gasteiger charge is -2.34. The minimum absolute atomic E-state index is 0.144. The smallest absolute Gasteiger partial charge is 0.352 e. The number of carboxylic acid groups (broad SMARTS) is 1. The van der Waals surface area contributed by atoms with Gasteiger partial charge in [0.2, 0.25) is 0 Å². The summed E-state index contributed by atoms with van der Waals surface area (Å²) in [6.45, 7) is 0. The van der Waals surface area contributed by atoms with Crippen molar-refractivity contribution in [2.24, 2.45) is 0 Å². The molecule has 38 heavy (non-hydrogen) atoms. The van der Waals surface area contributed by atoms with Gasteiger partial charge in [-0.05, 0) is 61.4 Å². The maximum Gasteiger partial charge on any atom is 0.352 e. The van der Waals surface area contributed by atoms with Crippen LogP contribution in [0, 0.1) is 0 Å². The van der Waals surface area contributed by atoms with Gasteiger partial charge in [0.25, 0.3) is 0 Å². The summed E-state index contributed by atoms with van der Waals surface area (Å²) in [6, 6.07) is 19.6. The normalized spacial score (nSPS) is 13.9. The Morgan fingerprint density at radius 3 is 2.42 bits per heavy atom. The van der Waals surface area contributed by atoms with E-state index < -0.39 is 12.0 Å². The van der Waals surface area contributed by atoms with Crippen molar-refractivity contribution in [2.45, 2.75) is 38.1 Å². The third kappa shape index (κ3) is 5.30. The molecule has 0 spiro atoms. The van der Waals surface area contributed by atoms with Crippen LogP contribution in [-0.4, -0.2) is 34.8 Å². The summed E-state index contributed by atoms with van der Waals surface area (Å²) < 4.78 is 1.70. The van der Waals surface area contributed by atoms with Crippen LogP contribution in [0.1, 0.15) is 42.6 Å². The van der Waals surface area contributed by atoms with Crippen molar-refractivity contribution >= 4 is 63.2 Å². The lowest BCUT2D eigenvalue weighted by Crippen LogP contribution is -2.34. The number of carbonyl (C=O) groups excluding carboxylic acids is 1. The third-order valence-corrected chi connectivity index (χ3v) is 7.84. The highest BCUT2D eigenvalue weighted by molar-refractivity contribution is 6.42. The number of aromatic nitrogens is 1. The highest BCUT2D eigenvalue weighted by Gasteiger charge is 2.23. The molecular formula is C29H28Cl2N4O3. The second kappa shape index (κ2) is 11.0. The zero-order valence-electron chi connectivity index (χ0n) is 20.9. The Labute approximate surface area is 231 Å². The van der Waals surface area contributed by atoms with E-state index >= 15 is 0 Å². The molecule has 0 unspecified atom stereocenters. The van der Waals surface area contributed by atoms with Crippen LogP contribution in [0.4, 0.5) is 21.9 Å². The van der Waals surface area contributed by atoms with Crippen LogP contribution in [0.25, 0.3) is 16.6 Å². The van der Waals surface area contributed by atoms with E-state index in [9.17, 15) is 14.7 Å². The monoisotopic (exact) mass is 550 g/mol. The van der Waals surface area contributed by atoms with E-state index in [4.69, 9.17) is 23.2 Å². The van der Waals surface area contributed by atoms with Gasteiger partial charge in [-0.1, -0.05) is 60.7 Å². The highest BCUT2D eigenvalue weighted by Crippen LogP contribution is 2.35. The second-order valence-corrected chi connectivity index (χ2v) is 10.4. The molecule has 7 nitrogen and oxygen atoms in total. The van der Waals surface area contributed by atoms with Gasteiger partial charge in [0, 0.05) is 29.9 Å². The molecule has 0 atom stereocenters. The summed E-state index contributed by atoms with van der Waals surface area (Å²) in [6.07, 6.45) is 5.74. The standard InChI is InChI=1S/C29H28Cl2N4O3/c1-34(20-8-3-2-4-9-20)26-14-12-21(35-25-10-6-5-7-18(25)15-27(35)28(36)37)17-24(26)33-29(38)32-19-11-13-22(30)23(31)16-19/h5-7,10-17,20H,2-4,8-9H2,1H3,(H,36,37)(H2,32,33,38). The van der Waals surface area contributed by atoms with E-state index in [1.807, 2.05) is 49.5 Å². The molecule has 0 saturated heterocycles. The number of nitrogens with zero attached hydrogens (tertiary/aromatic N) is 2. The molecular weight excluding hydrogens is 523 g/mol. The molecule has 196 valence electrons. The molecule has 1 aromatic heterocycles. The minimum Gasteiger partial charge on any atom is -0.477 e. The molecule has 1 heterocycles. The zero-order valence-corrected chi connectivity index (χ0v) is 22.4. The first-order valence-corrected chi connectivity index (χ1v) is 13.3. The molecule has 5 rings (SSSR count). The predicted octanol–water partition coefficient (Wildman–Crippen LogP) is 8.05. The number of aromatic carboxylic acids is 1. The van der Waals surface area contributed by atoms with Gasteiger partial charge in [0.15, 0.2) is 0 Å². The molecule has 1 aliphatic rings. The number of fused-ring (bicyclic) bond motifs is 1. The first-order valence-electron chi connectivity index (χ1n) is 12.6. The Bertz CT molecular complexity index is 1510. The lowest BCUT2D eigenvalue weighted by molar-refractivity contribution is 0.0688. The molecule has 3 N–H and O–H groups in total. The summed E-state index contributed by atoms with van der Waals surface area (Å²) in [5.41, 5.74) is 3.48. The molecule has 0 radical (unpaired) electrons. The van der Waals surface area contributed by atoms with Gasteiger partial charge in [-0.15, -0.1) is 0 Å². The number of carboxylic acids is 1. The Morgan fingerprint density at radius 1 is 0.921 bits per heavy atom. The summed E-state index contributed by atoms with van der Waals surface area (Å²) >= 11 is 12.1. The van der Waals surface area contributed by atoms with E-state index in [-0.39, 0.29) is 5.69 Å². The van der Waals surface area contributed by atoms with Crippen LogP contribution in [0.15, 0.2) is 66.7 Å². The van der Waals surface area contributed by atoms with E-state index in [0.717, 1.165) is 29.4 Å². The average Bonchev–Trinajstić information content (AvgIpc) is 3.31. The average molecular weight is 551 g/mol. The van der Waals surface area contributed by atoms with Crippen LogP contribution < -0.4 is 15.5 Å². The maximum absolute atomic E-state index is 13.1. The van der Waals surface area contributed by atoms with Crippen molar-refractivity contribution in [2.75, 3.05) is 22.6 Å². The van der Waals surface area contributed by atoms with Crippen molar-refractivity contribution in [3.63, 3.8) is 0 Å². The van der Waals surface area contributed by atoms with Gasteiger partial charge >= 0.3 is 12.0 Å². The van der Waals surface area contributed by atoms with Gasteiger partial charge in [0.05, 0.1) is 26.9 Å². The number of amides is 2. The summed E-state index contributed by atoms with van der Waals surface area (Å²) in [5.74, 6) is -1.03. The number of halogens is 2. The van der Waals surface area contributed by atoms with E-state index in [1.165, 1.54) is 19.3 Å². The van der Waals surface area contributed by atoms with Crippen molar-refractivity contribution in [1.82, 2.24) is 4.57 Å². The number of carbonyl (C=O) groups is 2. The van der Waals surface area contributed by atoms with Crippen LogP contribution in [-0.2, 0) is 0 Å². The number of para-hydroxylation sites is 1. The first kappa shape index (κ1) is 25.9. The third-order valence-electron chi connectivity index (χ3n) is 7.10. The van der Waals surface area contributed by atoms with Gasteiger partial charge < -0.3 is 25.2 Å². The predicted molar refractivity (Wildman–Crippen MR) is 155 cm³/mol. The molecule has 1 aliphatic carbocycles. The molecule has 1 saturated carbocycles. The molecule has 9 heteroatoms. The van der Waals surface area contributed by atoms with Gasteiger partial charge in [0.1, 0.15) is 5.69 Å².